The third kappa shape index (κ3) is 5.44. The first-order valence-electron chi connectivity index (χ1n) is 13.5. The molecule has 0 aromatic heterocycles. The molecule has 1 aromatic rings. The monoisotopic (exact) mass is 638 g/mol. The second kappa shape index (κ2) is 12.8. The standard InChI is InChI=1S/C29H36BrClN2O5S/c1-4-7-8-9-15-38-28(37)22-23-26(35)33(19(6-3)17-34)25(29(23)16-21(30)24(22)39-29)27(36)32(14-5-2)20-12-10-18(31)11-13-20/h4-5,10-13,19,21-25,34H,1-2,6-9,14-17H2,3H3/t19-,21?,22-,23-,24-,25?,29?/m0/s1. The number of aliphatic hydroxyl groups is 1. The van der Waals surface area contributed by atoms with Crippen LogP contribution in [0.4, 0.5) is 5.69 Å². The number of ether oxygens (including phenoxy) is 1. The molecule has 2 amide bonds. The van der Waals surface area contributed by atoms with Crippen molar-refractivity contribution >= 4 is 62.8 Å². The molecule has 2 bridgehead atoms. The zero-order chi connectivity index (χ0) is 28.3. The number of anilines is 1. The van der Waals surface area contributed by atoms with E-state index in [1.807, 2.05) is 13.0 Å². The number of rotatable bonds is 13. The Hall–Kier alpha value is -1.81. The molecule has 0 radical (unpaired) electrons. The number of carbonyl (C=O) groups excluding carboxylic acids is 3. The fraction of sp³-hybridized carbons (Fsp3) is 0.552. The average Bonchev–Trinajstić information content (AvgIpc) is 3.52. The number of hydrogen-bond acceptors (Lipinski definition) is 6. The normalized spacial score (nSPS) is 29.7. The predicted molar refractivity (Wildman–Crippen MR) is 159 cm³/mol. The van der Waals surface area contributed by atoms with Crippen LogP contribution in [0.25, 0.3) is 0 Å². The van der Waals surface area contributed by atoms with E-state index >= 15 is 0 Å². The molecule has 3 aliphatic heterocycles. The Morgan fingerprint density at radius 3 is 2.64 bits per heavy atom. The van der Waals surface area contributed by atoms with Crippen molar-refractivity contribution in [2.24, 2.45) is 11.8 Å². The van der Waals surface area contributed by atoms with Crippen molar-refractivity contribution in [3.05, 3.63) is 54.6 Å². The van der Waals surface area contributed by atoms with Gasteiger partial charge in [-0.3, -0.25) is 14.4 Å². The molecule has 1 N–H and O–H groups in total. The highest BCUT2D eigenvalue weighted by Crippen LogP contribution is 2.68. The van der Waals surface area contributed by atoms with Crippen LogP contribution >= 0.6 is 39.3 Å². The van der Waals surface area contributed by atoms with Crippen molar-refractivity contribution in [3.8, 4) is 0 Å². The molecular weight excluding hydrogens is 604 g/mol. The molecule has 0 aliphatic carbocycles. The first kappa shape index (κ1) is 30.2. The quantitative estimate of drug-likeness (QED) is 0.142. The summed E-state index contributed by atoms with van der Waals surface area (Å²) in [6.45, 7) is 9.69. The third-order valence-corrected chi connectivity index (χ3v) is 11.5. The Bertz CT molecular complexity index is 1100. The summed E-state index contributed by atoms with van der Waals surface area (Å²) in [4.78, 5) is 45.3. The summed E-state index contributed by atoms with van der Waals surface area (Å²) in [5.74, 6) is -2.27. The number of alkyl halides is 1. The molecule has 3 unspecified atom stereocenters. The van der Waals surface area contributed by atoms with Crippen LogP contribution in [0.2, 0.25) is 5.02 Å². The molecule has 212 valence electrons. The number of nitrogens with zero attached hydrogens (tertiary/aromatic N) is 2. The number of hydrogen-bond donors (Lipinski definition) is 1. The van der Waals surface area contributed by atoms with Crippen LogP contribution in [0, 0.1) is 11.8 Å². The zero-order valence-corrected chi connectivity index (χ0v) is 25.3. The van der Waals surface area contributed by atoms with Gasteiger partial charge in [0.25, 0.3) is 5.91 Å². The lowest BCUT2D eigenvalue weighted by atomic mass is 9.71. The fourth-order valence-corrected chi connectivity index (χ4v) is 10.0. The summed E-state index contributed by atoms with van der Waals surface area (Å²) in [5, 5.41) is 10.6. The number of esters is 1. The number of aliphatic hydroxyl groups excluding tert-OH is 1. The van der Waals surface area contributed by atoms with Crippen LogP contribution in [0.1, 0.15) is 39.0 Å². The summed E-state index contributed by atoms with van der Waals surface area (Å²) >= 11 is 11.4. The lowest BCUT2D eigenvalue weighted by molar-refractivity contribution is -0.154. The van der Waals surface area contributed by atoms with Crippen LogP contribution in [0.3, 0.4) is 0 Å². The molecule has 3 saturated heterocycles. The average molecular weight is 640 g/mol. The highest BCUT2D eigenvalue weighted by atomic mass is 79.9. The van der Waals surface area contributed by atoms with Crippen LogP contribution in [-0.2, 0) is 19.1 Å². The molecule has 3 fully saturated rings. The van der Waals surface area contributed by atoms with E-state index < -0.39 is 28.7 Å². The molecule has 4 rings (SSSR count). The van der Waals surface area contributed by atoms with Gasteiger partial charge < -0.3 is 19.6 Å². The minimum Gasteiger partial charge on any atom is -0.465 e. The smallest absolute Gasteiger partial charge is 0.310 e. The van der Waals surface area contributed by atoms with Crippen molar-refractivity contribution in [1.82, 2.24) is 4.90 Å². The molecule has 7 atom stereocenters. The van der Waals surface area contributed by atoms with Gasteiger partial charge in [0.05, 0.1) is 35.8 Å². The Balaban J connectivity index is 1.72. The lowest BCUT2D eigenvalue weighted by Crippen LogP contribution is -2.58. The van der Waals surface area contributed by atoms with Gasteiger partial charge in [0, 0.05) is 27.3 Å². The second-order valence-corrected chi connectivity index (χ2v) is 13.5. The number of allylic oxidation sites excluding steroid dienone is 1. The van der Waals surface area contributed by atoms with Crippen LogP contribution in [-0.4, -0.2) is 74.5 Å². The third-order valence-electron chi connectivity index (χ3n) is 8.07. The van der Waals surface area contributed by atoms with E-state index in [9.17, 15) is 19.5 Å². The number of thioether (sulfide) groups is 1. The number of benzene rings is 1. The highest BCUT2D eigenvalue weighted by molar-refractivity contribution is 9.09. The van der Waals surface area contributed by atoms with Gasteiger partial charge in [-0.05, 0) is 56.4 Å². The Morgan fingerprint density at radius 2 is 2.03 bits per heavy atom. The Morgan fingerprint density at radius 1 is 1.31 bits per heavy atom. The number of unbranched alkanes of at least 4 members (excludes halogenated alkanes) is 2. The van der Waals surface area contributed by atoms with Crippen molar-refractivity contribution < 1.29 is 24.2 Å². The number of halogens is 2. The maximum absolute atomic E-state index is 14.5. The largest absolute Gasteiger partial charge is 0.465 e. The Kier molecular flexibility index (Phi) is 9.89. The molecule has 0 saturated carbocycles. The molecular formula is C29H36BrClN2O5S. The van der Waals surface area contributed by atoms with Gasteiger partial charge in [-0.15, -0.1) is 24.9 Å². The predicted octanol–water partition coefficient (Wildman–Crippen LogP) is 4.99. The van der Waals surface area contributed by atoms with Crippen molar-refractivity contribution in [2.75, 3.05) is 24.7 Å². The number of likely N-dealkylation sites (tertiary alicyclic amines) is 1. The summed E-state index contributed by atoms with van der Waals surface area (Å²) in [7, 11) is 0. The van der Waals surface area contributed by atoms with E-state index in [2.05, 4.69) is 29.1 Å². The number of carbonyl (C=O) groups is 3. The summed E-state index contributed by atoms with van der Waals surface area (Å²) in [6, 6.07) is 5.56. The van der Waals surface area contributed by atoms with Gasteiger partial charge in [-0.2, -0.15) is 0 Å². The van der Waals surface area contributed by atoms with Crippen molar-refractivity contribution in [2.45, 2.75) is 65.9 Å². The van der Waals surface area contributed by atoms with E-state index in [0.29, 0.717) is 23.6 Å². The van der Waals surface area contributed by atoms with Crippen molar-refractivity contribution in [1.29, 1.82) is 0 Å². The summed E-state index contributed by atoms with van der Waals surface area (Å²) in [5.41, 5.74) is 0.636. The zero-order valence-electron chi connectivity index (χ0n) is 22.1. The van der Waals surface area contributed by atoms with Crippen LogP contribution in [0.15, 0.2) is 49.6 Å². The summed E-state index contributed by atoms with van der Waals surface area (Å²) in [6.07, 6.45) is 6.94. The van der Waals surface area contributed by atoms with Crippen molar-refractivity contribution in [3.63, 3.8) is 0 Å². The molecule has 3 heterocycles. The lowest BCUT2D eigenvalue weighted by Gasteiger charge is -2.39. The van der Waals surface area contributed by atoms with Gasteiger partial charge >= 0.3 is 5.97 Å². The van der Waals surface area contributed by atoms with Crippen LogP contribution < -0.4 is 4.90 Å². The maximum atomic E-state index is 14.5. The molecule has 10 heteroatoms. The highest BCUT2D eigenvalue weighted by Gasteiger charge is 2.76. The van der Waals surface area contributed by atoms with E-state index in [1.54, 1.807) is 51.9 Å². The van der Waals surface area contributed by atoms with Gasteiger partial charge in [0.2, 0.25) is 5.91 Å². The van der Waals surface area contributed by atoms with E-state index in [1.165, 1.54) is 0 Å². The summed E-state index contributed by atoms with van der Waals surface area (Å²) < 4.78 is 4.86. The van der Waals surface area contributed by atoms with Gasteiger partial charge in [0.1, 0.15) is 6.04 Å². The molecule has 7 nitrogen and oxygen atoms in total. The molecule has 1 aromatic carbocycles. The number of fused-ring (bicyclic) bond motifs is 1. The maximum Gasteiger partial charge on any atom is 0.310 e. The molecule has 39 heavy (non-hydrogen) atoms. The fourth-order valence-electron chi connectivity index (χ4n) is 6.30. The molecule has 3 aliphatic rings. The van der Waals surface area contributed by atoms with E-state index in [0.717, 1.165) is 19.3 Å². The topological polar surface area (TPSA) is 87.1 Å². The van der Waals surface area contributed by atoms with Gasteiger partial charge in [-0.1, -0.05) is 46.6 Å². The number of amides is 2. The van der Waals surface area contributed by atoms with E-state index in [4.69, 9.17) is 16.3 Å². The van der Waals surface area contributed by atoms with Crippen LogP contribution in [0.5, 0.6) is 0 Å². The van der Waals surface area contributed by atoms with Gasteiger partial charge in [-0.25, -0.2) is 0 Å². The van der Waals surface area contributed by atoms with E-state index in [-0.39, 0.29) is 47.6 Å². The second-order valence-electron chi connectivity index (χ2n) is 10.3. The first-order valence-corrected chi connectivity index (χ1v) is 15.6. The van der Waals surface area contributed by atoms with Gasteiger partial charge in [0.15, 0.2) is 0 Å². The minimum absolute atomic E-state index is 0.0577. The molecule has 1 spiro atoms. The SMILES string of the molecule is C=CCCCCOC(=O)[C@H]1[C@H]2C(=O)N([C@@H](CC)CO)C(C(=O)N(CC=C)c3ccc(Cl)cc3)C23CC(Br)[C@@H]1S3. The first-order chi connectivity index (χ1) is 18.7. The Labute approximate surface area is 248 Å². The minimum atomic E-state index is -0.858.